The number of pyridine rings is 1. The van der Waals surface area contributed by atoms with Crippen LogP contribution in [0.2, 0.25) is 0 Å². The summed E-state index contributed by atoms with van der Waals surface area (Å²) < 4.78 is 13.0. The first kappa shape index (κ1) is 11.1. The van der Waals surface area contributed by atoms with Crippen molar-refractivity contribution in [1.82, 2.24) is 4.98 Å². The van der Waals surface area contributed by atoms with Crippen LogP contribution in [0.5, 0.6) is 0 Å². The van der Waals surface area contributed by atoms with E-state index in [1.807, 2.05) is 0 Å². The van der Waals surface area contributed by atoms with Gasteiger partial charge in [0.1, 0.15) is 11.4 Å². The number of aromatic nitrogens is 1. The van der Waals surface area contributed by atoms with Gasteiger partial charge in [-0.25, -0.2) is 9.18 Å². The maximum Gasteiger partial charge on any atom is 0.341 e. The molecule has 0 atom stereocenters. The maximum atomic E-state index is 13.0. The fraction of sp³-hybridized carbons (Fsp3) is 0. The van der Waals surface area contributed by atoms with Gasteiger partial charge in [0.05, 0.1) is 0 Å². The Labute approximate surface area is 95.4 Å². The first-order valence-electron chi connectivity index (χ1n) is 4.80. The Kier molecular flexibility index (Phi) is 2.74. The van der Waals surface area contributed by atoms with Crippen molar-refractivity contribution in [2.24, 2.45) is 0 Å². The lowest BCUT2D eigenvalue weighted by Crippen LogP contribution is -2.16. The number of aromatic amines is 1. The Balaban J connectivity index is 2.65. The zero-order chi connectivity index (χ0) is 12.4. The number of aromatic carboxylic acids is 1. The van der Waals surface area contributed by atoms with E-state index in [1.165, 1.54) is 24.4 Å². The molecule has 0 aliphatic rings. The summed E-state index contributed by atoms with van der Waals surface area (Å²) in [5, 5.41) is 8.80. The summed E-state index contributed by atoms with van der Waals surface area (Å²) in [6.07, 6.45) is 2.46. The largest absolute Gasteiger partial charge is 0.477 e. The van der Waals surface area contributed by atoms with E-state index in [-0.39, 0.29) is 11.1 Å². The molecule has 2 rings (SSSR count). The van der Waals surface area contributed by atoms with Gasteiger partial charge in [-0.2, -0.15) is 0 Å². The molecule has 5 heteroatoms. The molecule has 17 heavy (non-hydrogen) atoms. The lowest BCUT2D eigenvalue weighted by Gasteiger charge is -2.02. The quantitative estimate of drug-likeness (QED) is 0.831. The summed E-state index contributed by atoms with van der Waals surface area (Å²) in [5.74, 6) is -1.80. The summed E-state index contributed by atoms with van der Waals surface area (Å²) in [4.78, 5) is 25.1. The molecule has 0 aliphatic carbocycles. The van der Waals surface area contributed by atoms with Crippen LogP contribution in [0.25, 0.3) is 11.1 Å². The summed E-state index contributed by atoms with van der Waals surface area (Å²) in [5.41, 5.74) is -0.535. The molecule has 1 aromatic heterocycles. The Morgan fingerprint density at radius 2 is 2.06 bits per heavy atom. The van der Waals surface area contributed by atoms with Crippen LogP contribution in [-0.4, -0.2) is 16.1 Å². The van der Waals surface area contributed by atoms with Crippen LogP contribution in [0.15, 0.2) is 41.5 Å². The molecule has 0 bridgehead atoms. The summed E-state index contributed by atoms with van der Waals surface area (Å²) in [6, 6.07) is 5.42. The minimum atomic E-state index is -1.32. The number of rotatable bonds is 2. The highest BCUT2D eigenvalue weighted by molar-refractivity contribution is 5.88. The standard InChI is InChI=1S/C12H8FNO3/c13-8-3-1-2-7(4-8)9-5-14-6-10(11(9)15)12(16)17/h1-6H,(H,14,15)(H,16,17). The highest BCUT2D eigenvalue weighted by Crippen LogP contribution is 2.15. The maximum absolute atomic E-state index is 13.0. The molecule has 2 N–H and O–H groups in total. The van der Waals surface area contributed by atoms with E-state index in [0.717, 1.165) is 6.20 Å². The van der Waals surface area contributed by atoms with E-state index in [1.54, 1.807) is 6.07 Å². The number of nitrogens with one attached hydrogen (secondary N) is 1. The molecule has 0 saturated heterocycles. The molecule has 0 aliphatic heterocycles. The van der Waals surface area contributed by atoms with Gasteiger partial charge in [0, 0.05) is 18.0 Å². The molecule has 0 unspecified atom stereocenters. The van der Waals surface area contributed by atoms with Gasteiger partial charge in [-0.15, -0.1) is 0 Å². The Hall–Kier alpha value is -2.43. The average molecular weight is 233 g/mol. The highest BCUT2D eigenvalue weighted by Gasteiger charge is 2.12. The van der Waals surface area contributed by atoms with Gasteiger partial charge in [0.2, 0.25) is 5.43 Å². The normalized spacial score (nSPS) is 10.2. The average Bonchev–Trinajstić information content (AvgIpc) is 2.29. The lowest BCUT2D eigenvalue weighted by molar-refractivity contribution is 0.0695. The molecular weight excluding hydrogens is 225 g/mol. The summed E-state index contributed by atoms with van der Waals surface area (Å²) in [6.45, 7) is 0. The van der Waals surface area contributed by atoms with Crippen molar-refractivity contribution in [1.29, 1.82) is 0 Å². The predicted octanol–water partition coefficient (Wildman–Crippen LogP) is 1.88. The number of carboxylic acid groups (broad SMARTS) is 1. The van der Waals surface area contributed by atoms with Crippen molar-refractivity contribution in [3.8, 4) is 11.1 Å². The number of hydrogen-bond donors (Lipinski definition) is 2. The van der Waals surface area contributed by atoms with Gasteiger partial charge in [-0.05, 0) is 17.7 Å². The number of carbonyl (C=O) groups is 1. The van der Waals surface area contributed by atoms with E-state index < -0.39 is 17.2 Å². The Bertz CT molecular complexity index is 634. The second kappa shape index (κ2) is 4.21. The molecular formula is C12H8FNO3. The molecule has 1 aromatic carbocycles. The molecule has 0 amide bonds. The molecule has 0 radical (unpaired) electrons. The van der Waals surface area contributed by atoms with Crippen molar-refractivity contribution in [3.05, 3.63) is 58.3 Å². The Morgan fingerprint density at radius 3 is 2.71 bits per heavy atom. The molecule has 2 aromatic rings. The number of benzene rings is 1. The van der Waals surface area contributed by atoms with Gasteiger partial charge in [-0.3, -0.25) is 4.79 Å². The van der Waals surface area contributed by atoms with Gasteiger partial charge < -0.3 is 10.1 Å². The third-order valence-corrected chi connectivity index (χ3v) is 2.31. The van der Waals surface area contributed by atoms with Gasteiger partial charge in [0.25, 0.3) is 0 Å². The van der Waals surface area contributed by atoms with Crippen LogP contribution < -0.4 is 5.43 Å². The Morgan fingerprint density at radius 1 is 1.29 bits per heavy atom. The van der Waals surface area contributed by atoms with E-state index in [2.05, 4.69) is 4.98 Å². The van der Waals surface area contributed by atoms with E-state index in [9.17, 15) is 14.0 Å². The van der Waals surface area contributed by atoms with Gasteiger partial charge in [0.15, 0.2) is 0 Å². The van der Waals surface area contributed by atoms with Crippen molar-refractivity contribution in [2.45, 2.75) is 0 Å². The molecule has 1 heterocycles. The second-order valence-electron chi connectivity index (χ2n) is 3.43. The van der Waals surface area contributed by atoms with E-state index >= 15 is 0 Å². The van der Waals surface area contributed by atoms with Crippen LogP contribution in [0.3, 0.4) is 0 Å². The van der Waals surface area contributed by atoms with Gasteiger partial charge >= 0.3 is 5.97 Å². The highest BCUT2D eigenvalue weighted by atomic mass is 19.1. The zero-order valence-electron chi connectivity index (χ0n) is 8.61. The smallest absolute Gasteiger partial charge is 0.341 e. The van der Waals surface area contributed by atoms with Crippen LogP contribution in [-0.2, 0) is 0 Å². The minimum Gasteiger partial charge on any atom is -0.477 e. The molecule has 0 spiro atoms. The lowest BCUT2D eigenvalue weighted by atomic mass is 10.1. The monoisotopic (exact) mass is 233 g/mol. The second-order valence-corrected chi connectivity index (χ2v) is 3.43. The van der Waals surface area contributed by atoms with Crippen LogP contribution in [0, 0.1) is 5.82 Å². The number of hydrogen-bond acceptors (Lipinski definition) is 2. The van der Waals surface area contributed by atoms with Crippen molar-refractivity contribution in [2.75, 3.05) is 0 Å². The van der Waals surface area contributed by atoms with Crippen molar-refractivity contribution in [3.63, 3.8) is 0 Å². The number of carboxylic acids is 1. The fourth-order valence-corrected chi connectivity index (χ4v) is 1.51. The molecule has 0 saturated carbocycles. The number of H-pyrrole nitrogens is 1. The first-order valence-corrected chi connectivity index (χ1v) is 4.80. The minimum absolute atomic E-state index is 0.129. The topological polar surface area (TPSA) is 70.2 Å². The van der Waals surface area contributed by atoms with Crippen LogP contribution in [0.4, 0.5) is 4.39 Å². The van der Waals surface area contributed by atoms with Crippen molar-refractivity contribution < 1.29 is 14.3 Å². The third kappa shape index (κ3) is 2.08. The third-order valence-electron chi connectivity index (χ3n) is 2.31. The van der Waals surface area contributed by atoms with E-state index in [0.29, 0.717) is 5.56 Å². The SMILES string of the molecule is O=C(O)c1c[nH]cc(-c2cccc(F)c2)c1=O. The first-order chi connectivity index (χ1) is 8.09. The fourth-order valence-electron chi connectivity index (χ4n) is 1.51. The van der Waals surface area contributed by atoms with Crippen molar-refractivity contribution >= 4 is 5.97 Å². The zero-order valence-corrected chi connectivity index (χ0v) is 8.61. The summed E-state index contributed by atoms with van der Waals surface area (Å²) in [7, 11) is 0. The molecule has 4 nitrogen and oxygen atoms in total. The summed E-state index contributed by atoms with van der Waals surface area (Å²) >= 11 is 0. The predicted molar refractivity (Wildman–Crippen MR) is 59.4 cm³/mol. The number of halogens is 1. The van der Waals surface area contributed by atoms with Crippen LogP contribution in [0.1, 0.15) is 10.4 Å². The van der Waals surface area contributed by atoms with E-state index in [4.69, 9.17) is 5.11 Å². The molecule has 0 fully saturated rings. The van der Waals surface area contributed by atoms with Gasteiger partial charge in [-0.1, -0.05) is 12.1 Å². The molecule has 86 valence electrons. The van der Waals surface area contributed by atoms with Crippen LogP contribution >= 0.6 is 0 Å².